The molecular weight excluding hydrogens is 677 g/mol. The molecule has 0 aliphatic heterocycles. The normalized spacial score (nSPS) is 11.6. The summed E-state index contributed by atoms with van der Waals surface area (Å²) in [5.74, 6) is 0. The molecule has 0 amide bonds. The first-order valence-electron chi connectivity index (χ1n) is 19.3. The summed E-state index contributed by atoms with van der Waals surface area (Å²) in [6, 6.07) is 79.7. The van der Waals surface area contributed by atoms with Crippen molar-refractivity contribution < 1.29 is 0 Å². The van der Waals surface area contributed by atoms with Gasteiger partial charge >= 0.3 is 0 Å². The molecule has 0 spiro atoms. The summed E-state index contributed by atoms with van der Waals surface area (Å²) in [6.07, 6.45) is 0. The van der Waals surface area contributed by atoms with Gasteiger partial charge in [0, 0.05) is 43.8 Å². The maximum absolute atomic E-state index is 2.55. The summed E-state index contributed by atoms with van der Waals surface area (Å²) in [4.78, 5) is 0. The number of aromatic nitrogens is 2. The van der Waals surface area contributed by atoms with Crippen LogP contribution in [-0.4, -0.2) is 9.13 Å². The van der Waals surface area contributed by atoms with Crippen molar-refractivity contribution in [2.45, 2.75) is 0 Å². The Morgan fingerprint density at radius 3 is 0.732 bits per heavy atom. The number of benzene rings is 9. The third kappa shape index (κ3) is 4.90. The Bertz CT molecular complexity index is 2920. The quantitative estimate of drug-likeness (QED) is 0.162. The molecule has 0 aliphatic rings. The van der Waals surface area contributed by atoms with Crippen molar-refractivity contribution in [2.24, 2.45) is 0 Å². The molecule has 0 saturated heterocycles. The Balaban J connectivity index is 1.52. The van der Waals surface area contributed by atoms with E-state index >= 15 is 0 Å². The fourth-order valence-electron chi connectivity index (χ4n) is 9.04. The molecule has 0 radical (unpaired) electrons. The standard InChI is InChI=1S/C54H36N2/c1-5-21-37(22-6-1)49-50(38-23-7-2-8-24-38)53(55-45-33-17-13-29-41(45)42-30-14-18-34-46(42)55)52(40-27-11-4-12-28-40)54(51(49)39-25-9-3-10-26-39)56-47-35-19-15-31-43(47)44-32-16-20-36-48(44)56/h1-36H. The first kappa shape index (κ1) is 32.0. The lowest BCUT2D eigenvalue weighted by molar-refractivity contribution is 1.14. The highest BCUT2D eigenvalue weighted by molar-refractivity contribution is 6.17. The summed E-state index contributed by atoms with van der Waals surface area (Å²) in [6.45, 7) is 0. The van der Waals surface area contributed by atoms with Gasteiger partial charge in [0.25, 0.3) is 0 Å². The van der Waals surface area contributed by atoms with Crippen LogP contribution in [0.1, 0.15) is 0 Å². The average Bonchev–Trinajstić information content (AvgIpc) is 3.79. The van der Waals surface area contributed by atoms with Crippen LogP contribution in [-0.2, 0) is 0 Å². The molecule has 0 fully saturated rings. The van der Waals surface area contributed by atoms with E-state index in [-0.39, 0.29) is 0 Å². The van der Waals surface area contributed by atoms with Gasteiger partial charge in [-0.3, -0.25) is 0 Å². The third-order valence-electron chi connectivity index (χ3n) is 11.3. The zero-order valence-corrected chi connectivity index (χ0v) is 30.7. The van der Waals surface area contributed by atoms with Crippen LogP contribution >= 0.6 is 0 Å². The fourth-order valence-corrected chi connectivity index (χ4v) is 9.04. The number of rotatable bonds is 6. The van der Waals surface area contributed by atoms with E-state index in [1.807, 2.05) is 0 Å². The molecule has 0 N–H and O–H groups in total. The Hall–Kier alpha value is -7.42. The summed E-state index contributed by atoms with van der Waals surface area (Å²) in [7, 11) is 0. The molecule has 0 bridgehead atoms. The van der Waals surface area contributed by atoms with Gasteiger partial charge in [0.1, 0.15) is 0 Å². The largest absolute Gasteiger partial charge is 0.308 e. The van der Waals surface area contributed by atoms with Crippen LogP contribution in [0.25, 0.3) is 99.5 Å². The van der Waals surface area contributed by atoms with Gasteiger partial charge in [0.2, 0.25) is 0 Å². The Morgan fingerprint density at radius 1 is 0.196 bits per heavy atom. The fraction of sp³-hybridized carbons (Fsp3) is 0. The monoisotopic (exact) mass is 712 g/mol. The van der Waals surface area contributed by atoms with Crippen molar-refractivity contribution in [3.63, 3.8) is 0 Å². The Labute approximate surface area is 325 Å². The number of hydrogen-bond acceptors (Lipinski definition) is 0. The van der Waals surface area contributed by atoms with Crippen LogP contribution in [0.2, 0.25) is 0 Å². The van der Waals surface area contributed by atoms with Gasteiger partial charge < -0.3 is 9.13 Å². The smallest absolute Gasteiger partial charge is 0.0646 e. The first-order valence-corrected chi connectivity index (χ1v) is 19.3. The molecule has 56 heavy (non-hydrogen) atoms. The van der Waals surface area contributed by atoms with E-state index in [1.54, 1.807) is 0 Å². The predicted octanol–water partition coefficient (Wildman–Crippen LogP) is 14.5. The average molecular weight is 713 g/mol. The van der Waals surface area contributed by atoms with Crippen molar-refractivity contribution in [3.8, 4) is 55.9 Å². The van der Waals surface area contributed by atoms with Gasteiger partial charge in [-0.15, -0.1) is 0 Å². The maximum Gasteiger partial charge on any atom is 0.0646 e. The molecule has 0 aliphatic carbocycles. The molecule has 0 atom stereocenters. The van der Waals surface area contributed by atoms with Crippen molar-refractivity contribution in [3.05, 3.63) is 218 Å². The minimum absolute atomic E-state index is 1.15. The van der Waals surface area contributed by atoms with E-state index in [9.17, 15) is 0 Å². The zero-order valence-electron chi connectivity index (χ0n) is 30.7. The molecule has 0 unspecified atom stereocenters. The van der Waals surface area contributed by atoms with Crippen LogP contribution in [0.15, 0.2) is 218 Å². The molecule has 2 heterocycles. The summed E-state index contributed by atoms with van der Waals surface area (Å²) in [5.41, 5.74) is 16.3. The molecule has 2 nitrogen and oxygen atoms in total. The first-order chi connectivity index (χ1) is 27.9. The van der Waals surface area contributed by atoms with Gasteiger partial charge in [-0.05, 0) is 46.5 Å². The van der Waals surface area contributed by atoms with E-state index < -0.39 is 0 Å². The highest BCUT2D eigenvalue weighted by Crippen LogP contribution is 2.54. The highest BCUT2D eigenvalue weighted by atomic mass is 15.0. The van der Waals surface area contributed by atoms with Gasteiger partial charge in [-0.2, -0.15) is 0 Å². The minimum atomic E-state index is 1.15. The molecule has 2 aromatic heterocycles. The Kier molecular flexibility index (Phi) is 7.53. The van der Waals surface area contributed by atoms with Crippen LogP contribution in [0.3, 0.4) is 0 Å². The molecule has 0 saturated carbocycles. The van der Waals surface area contributed by atoms with Gasteiger partial charge in [0.05, 0.1) is 33.4 Å². The summed E-state index contributed by atoms with van der Waals surface area (Å²) in [5, 5.41) is 4.92. The summed E-state index contributed by atoms with van der Waals surface area (Å²) >= 11 is 0. The number of hydrogen-bond donors (Lipinski definition) is 0. The molecule has 11 aromatic rings. The second kappa shape index (κ2) is 13.2. The molecule has 2 heteroatoms. The van der Waals surface area contributed by atoms with Crippen molar-refractivity contribution >= 4 is 43.6 Å². The number of fused-ring (bicyclic) bond motifs is 6. The van der Waals surface area contributed by atoms with Crippen LogP contribution in [0.4, 0.5) is 0 Å². The van der Waals surface area contributed by atoms with Crippen LogP contribution in [0.5, 0.6) is 0 Å². The van der Waals surface area contributed by atoms with Crippen LogP contribution < -0.4 is 0 Å². The van der Waals surface area contributed by atoms with E-state index in [2.05, 4.69) is 228 Å². The lowest BCUT2D eigenvalue weighted by atomic mass is 9.81. The topological polar surface area (TPSA) is 9.86 Å². The second-order valence-corrected chi connectivity index (χ2v) is 14.4. The van der Waals surface area contributed by atoms with E-state index in [0.29, 0.717) is 0 Å². The molecule has 262 valence electrons. The molecule has 9 aromatic carbocycles. The molecule has 11 rings (SSSR count). The lowest BCUT2D eigenvalue weighted by Crippen LogP contribution is -2.10. The van der Waals surface area contributed by atoms with Crippen molar-refractivity contribution in [1.29, 1.82) is 0 Å². The number of para-hydroxylation sites is 4. The minimum Gasteiger partial charge on any atom is -0.308 e. The van der Waals surface area contributed by atoms with E-state index in [4.69, 9.17) is 0 Å². The maximum atomic E-state index is 2.55. The van der Waals surface area contributed by atoms with Gasteiger partial charge in [-0.25, -0.2) is 0 Å². The highest BCUT2D eigenvalue weighted by Gasteiger charge is 2.32. The SMILES string of the molecule is c1ccc(-c2c(-c3ccccc3)c(-n3c4ccccc4c4ccccc43)c(-c3ccccc3)c(-n3c4ccccc4c4ccccc43)c2-c2ccccc2)cc1. The van der Waals surface area contributed by atoms with Gasteiger partial charge in [-0.1, -0.05) is 194 Å². The van der Waals surface area contributed by atoms with Crippen molar-refractivity contribution in [2.75, 3.05) is 0 Å². The zero-order chi connectivity index (χ0) is 37.0. The van der Waals surface area contributed by atoms with Gasteiger partial charge in [0.15, 0.2) is 0 Å². The molecular formula is C54H36N2. The van der Waals surface area contributed by atoms with Crippen molar-refractivity contribution in [1.82, 2.24) is 9.13 Å². The number of nitrogens with zero attached hydrogens (tertiary/aromatic N) is 2. The van der Waals surface area contributed by atoms with E-state index in [1.165, 1.54) is 65.9 Å². The van der Waals surface area contributed by atoms with Crippen LogP contribution in [0, 0.1) is 0 Å². The Morgan fingerprint density at radius 2 is 0.429 bits per heavy atom. The summed E-state index contributed by atoms with van der Waals surface area (Å²) < 4.78 is 5.10. The predicted molar refractivity (Wildman–Crippen MR) is 237 cm³/mol. The lowest BCUT2D eigenvalue weighted by Gasteiger charge is -2.30. The van der Waals surface area contributed by atoms with E-state index in [0.717, 1.165) is 33.6 Å². The third-order valence-corrected chi connectivity index (χ3v) is 11.3. The second-order valence-electron chi connectivity index (χ2n) is 14.4.